The molecule has 3 heteroatoms. The van der Waals surface area contributed by atoms with Crippen LogP contribution in [0.25, 0.3) is 0 Å². The third-order valence-electron chi connectivity index (χ3n) is 4.55. The maximum absolute atomic E-state index is 12.4. The van der Waals surface area contributed by atoms with Crippen LogP contribution in [0, 0.1) is 5.92 Å². The van der Waals surface area contributed by atoms with Crippen molar-refractivity contribution in [3.05, 3.63) is 23.8 Å². The minimum atomic E-state index is -1.94. The number of hydrogen-bond donors (Lipinski definition) is 0. The fourth-order valence-corrected chi connectivity index (χ4v) is 3.28. The molecule has 1 aliphatic carbocycles. The summed E-state index contributed by atoms with van der Waals surface area (Å²) in [7, 11) is -1.94. The molecule has 0 unspecified atom stereocenters. The zero-order valence-corrected chi connectivity index (χ0v) is 14.5. The van der Waals surface area contributed by atoms with Crippen LogP contribution in [-0.4, -0.2) is 20.2 Å². The van der Waals surface area contributed by atoms with E-state index in [1.165, 1.54) is 0 Å². The molecule has 0 amide bonds. The summed E-state index contributed by atoms with van der Waals surface area (Å²) in [5.74, 6) is 0.273. The van der Waals surface area contributed by atoms with Gasteiger partial charge in [0.2, 0.25) is 0 Å². The Labute approximate surface area is 119 Å². The summed E-state index contributed by atoms with van der Waals surface area (Å²) in [4.78, 5) is 12.4. The molecule has 0 fully saturated rings. The Kier molecular flexibility index (Phi) is 4.63. The number of carbonyl (C=O) groups is 1. The number of carbonyl (C=O) groups excluding carboxylic acids is 1. The molecule has 0 bridgehead atoms. The summed E-state index contributed by atoms with van der Waals surface area (Å²) in [6.45, 7) is 18.9. The van der Waals surface area contributed by atoms with E-state index in [1.54, 1.807) is 0 Å². The van der Waals surface area contributed by atoms with Gasteiger partial charge in [0.05, 0.1) is 0 Å². The van der Waals surface area contributed by atoms with Gasteiger partial charge in [-0.2, -0.15) is 0 Å². The standard InChI is InChI=1S/C16H28O2Si/c1-11(2)13-10-9-12(3)14(17)15(13)18-19(7,8)16(4,5)6/h9,13,15H,1,10H2,2-8H3/t13-,15-/m1/s1. The van der Waals surface area contributed by atoms with Gasteiger partial charge in [0.1, 0.15) is 6.10 Å². The minimum absolute atomic E-state index is 0.113. The van der Waals surface area contributed by atoms with Gasteiger partial charge in [-0.1, -0.05) is 39.0 Å². The number of allylic oxidation sites excluding steroid dienone is 1. The Morgan fingerprint density at radius 2 is 1.95 bits per heavy atom. The van der Waals surface area contributed by atoms with Gasteiger partial charge < -0.3 is 4.43 Å². The molecule has 0 aromatic rings. The van der Waals surface area contributed by atoms with Crippen molar-refractivity contribution in [1.82, 2.24) is 0 Å². The molecule has 0 aliphatic heterocycles. The van der Waals surface area contributed by atoms with E-state index in [0.29, 0.717) is 0 Å². The van der Waals surface area contributed by atoms with Crippen LogP contribution in [-0.2, 0) is 9.22 Å². The van der Waals surface area contributed by atoms with Gasteiger partial charge in [0.15, 0.2) is 14.1 Å². The number of hydrogen-bond acceptors (Lipinski definition) is 2. The highest BCUT2D eigenvalue weighted by Crippen LogP contribution is 2.40. The van der Waals surface area contributed by atoms with E-state index < -0.39 is 8.32 Å². The fourth-order valence-electron chi connectivity index (χ4n) is 2.02. The summed E-state index contributed by atoms with van der Waals surface area (Å²) in [6, 6.07) is 0. The summed E-state index contributed by atoms with van der Waals surface area (Å²) >= 11 is 0. The van der Waals surface area contributed by atoms with Crippen LogP contribution >= 0.6 is 0 Å². The molecular formula is C16H28O2Si. The monoisotopic (exact) mass is 280 g/mol. The largest absolute Gasteiger partial charge is 0.406 e. The third kappa shape index (κ3) is 3.45. The number of Topliss-reactive ketones (excluding diaryl/α,β-unsaturated/α-hetero) is 1. The molecule has 0 saturated heterocycles. The van der Waals surface area contributed by atoms with Crippen molar-refractivity contribution in [1.29, 1.82) is 0 Å². The first-order valence-corrected chi connectivity index (χ1v) is 9.92. The van der Waals surface area contributed by atoms with Crippen LogP contribution in [0.4, 0.5) is 0 Å². The third-order valence-corrected chi connectivity index (χ3v) is 9.01. The summed E-state index contributed by atoms with van der Waals surface area (Å²) in [5.41, 5.74) is 1.88. The zero-order valence-electron chi connectivity index (χ0n) is 13.5. The van der Waals surface area contributed by atoms with Crippen molar-refractivity contribution in [3.63, 3.8) is 0 Å². The van der Waals surface area contributed by atoms with Crippen molar-refractivity contribution in [3.8, 4) is 0 Å². The van der Waals surface area contributed by atoms with Gasteiger partial charge in [0, 0.05) is 5.92 Å². The Morgan fingerprint density at radius 3 is 2.37 bits per heavy atom. The second-order valence-electron chi connectivity index (χ2n) is 7.24. The molecule has 0 N–H and O–H groups in total. The van der Waals surface area contributed by atoms with Gasteiger partial charge in [-0.05, 0) is 44.0 Å². The Bertz CT molecular complexity index is 413. The van der Waals surface area contributed by atoms with E-state index in [9.17, 15) is 4.79 Å². The molecule has 2 nitrogen and oxygen atoms in total. The second-order valence-corrected chi connectivity index (χ2v) is 12.0. The maximum atomic E-state index is 12.4. The molecule has 2 atom stereocenters. The predicted molar refractivity (Wildman–Crippen MR) is 83.8 cm³/mol. The van der Waals surface area contributed by atoms with E-state index in [1.807, 2.05) is 19.9 Å². The van der Waals surface area contributed by atoms with Gasteiger partial charge in [-0.25, -0.2) is 0 Å². The molecule has 1 aliphatic rings. The molecule has 0 heterocycles. The van der Waals surface area contributed by atoms with Crippen molar-refractivity contribution in [2.24, 2.45) is 5.92 Å². The van der Waals surface area contributed by atoms with Crippen LogP contribution in [0.15, 0.2) is 23.8 Å². The highest BCUT2D eigenvalue weighted by Gasteiger charge is 2.43. The van der Waals surface area contributed by atoms with E-state index in [4.69, 9.17) is 4.43 Å². The van der Waals surface area contributed by atoms with Crippen LogP contribution < -0.4 is 0 Å². The van der Waals surface area contributed by atoms with Gasteiger partial charge in [-0.15, -0.1) is 0 Å². The fraction of sp³-hybridized carbons (Fsp3) is 0.688. The lowest BCUT2D eigenvalue weighted by atomic mass is 9.83. The summed E-state index contributed by atoms with van der Waals surface area (Å²) < 4.78 is 6.39. The minimum Gasteiger partial charge on any atom is -0.406 e. The molecule has 0 radical (unpaired) electrons. The molecule has 0 saturated carbocycles. The molecule has 108 valence electrons. The number of ketones is 1. The van der Waals surface area contributed by atoms with E-state index in [-0.39, 0.29) is 22.8 Å². The maximum Gasteiger partial charge on any atom is 0.193 e. The average Bonchev–Trinajstić information content (AvgIpc) is 2.22. The van der Waals surface area contributed by atoms with E-state index >= 15 is 0 Å². The smallest absolute Gasteiger partial charge is 0.193 e. The summed E-state index contributed by atoms with van der Waals surface area (Å²) in [6.07, 6.45) is 2.56. The SMILES string of the molecule is C=C(C)[C@H]1CC=C(C)C(=O)[C@@H]1O[Si](C)(C)C(C)(C)C. The van der Waals surface area contributed by atoms with Gasteiger partial charge >= 0.3 is 0 Å². The van der Waals surface area contributed by atoms with Crippen LogP contribution in [0.1, 0.15) is 41.0 Å². The first kappa shape index (κ1) is 16.4. The van der Waals surface area contributed by atoms with Crippen molar-refractivity contribution >= 4 is 14.1 Å². The quantitative estimate of drug-likeness (QED) is 0.562. The highest BCUT2D eigenvalue weighted by atomic mass is 28.4. The van der Waals surface area contributed by atoms with Crippen molar-refractivity contribution in [2.45, 2.75) is 65.3 Å². The van der Waals surface area contributed by atoms with Crippen LogP contribution in [0.2, 0.25) is 18.1 Å². The Hall–Kier alpha value is -0.673. The average molecular weight is 280 g/mol. The topological polar surface area (TPSA) is 26.3 Å². The summed E-state index contributed by atoms with van der Waals surface area (Å²) in [5, 5.41) is 0.113. The molecule has 0 spiro atoms. The second kappa shape index (κ2) is 5.37. The lowest BCUT2D eigenvalue weighted by Crippen LogP contribution is -2.49. The van der Waals surface area contributed by atoms with Crippen LogP contribution in [0.5, 0.6) is 0 Å². The van der Waals surface area contributed by atoms with Gasteiger partial charge in [-0.3, -0.25) is 4.79 Å². The van der Waals surface area contributed by atoms with E-state index in [0.717, 1.165) is 17.6 Å². The first-order valence-electron chi connectivity index (χ1n) is 7.01. The highest BCUT2D eigenvalue weighted by molar-refractivity contribution is 6.74. The normalized spacial score (nSPS) is 25.2. The molecule has 19 heavy (non-hydrogen) atoms. The van der Waals surface area contributed by atoms with E-state index in [2.05, 4.69) is 40.4 Å². The lowest BCUT2D eigenvalue weighted by Gasteiger charge is -2.42. The first-order chi connectivity index (χ1) is 8.47. The Morgan fingerprint density at radius 1 is 1.42 bits per heavy atom. The molecule has 0 aromatic carbocycles. The zero-order chi connectivity index (χ0) is 15.0. The van der Waals surface area contributed by atoms with Crippen molar-refractivity contribution < 1.29 is 9.22 Å². The number of rotatable bonds is 3. The Balaban J connectivity index is 3.04. The predicted octanol–water partition coefficient (Wildman–Crippen LogP) is 4.49. The molecule has 1 rings (SSSR count). The van der Waals surface area contributed by atoms with Crippen LogP contribution in [0.3, 0.4) is 0 Å². The molecule has 0 aromatic heterocycles. The van der Waals surface area contributed by atoms with Gasteiger partial charge in [0.25, 0.3) is 0 Å². The van der Waals surface area contributed by atoms with Crippen molar-refractivity contribution in [2.75, 3.05) is 0 Å². The molecular weight excluding hydrogens is 252 g/mol. The lowest BCUT2D eigenvalue weighted by molar-refractivity contribution is -0.125.